The maximum Gasteiger partial charge on any atom is 0.320 e. The summed E-state index contributed by atoms with van der Waals surface area (Å²) in [6, 6.07) is 4.95. The van der Waals surface area contributed by atoms with Crippen LogP contribution in [0.3, 0.4) is 0 Å². The fourth-order valence-electron chi connectivity index (χ4n) is 2.28. The molecule has 0 fully saturated rings. The number of esters is 2. The van der Waals surface area contributed by atoms with Gasteiger partial charge in [-0.15, -0.1) is 0 Å². The molecule has 24 heavy (non-hydrogen) atoms. The number of carbonyl (C=O) groups is 3. The van der Waals surface area contributed by atoms with Gasteiger partial charge in [-0.25, -0.2) is 0 Å². The predicted molar refractivity (Wildman–Crippen MR) is 89.3 cm³/mol. The van der Waals surface area contributed by atoms with E-state index in [1.165, 1.54) is 25.6 Å². The minimum atomic E-state index is -1.07. The number of thiophene rings is 1. The first-order valence-electron chi connectivity index (χ1n) is 7.07. The Balaban J connectivity index is 2.20. The Hall–Kier alpha value is -2.12. The van der Waals surface area contributed by atoms with Gasteiger partial charge in [0.05, 0.1) is 19.9 Å². The van der Waals surface area contributed by atoms with E-state index in [0.717, 1.165) is 0 Å². The quantitative estimate of drug-likeness (QED) is 0.426. The van der Waals surface area contributed by atoms with Crippen LogP contribution in [0.4, 0.5) is 0 Å². The molecule has 0 saturated heterocycles. The second kappa shape index (κ2) is 8.12. The van der Waals surface area contributed by atoms with Crippen LogP contribution in [0.2, 0.25) is 5.15 Å². The fraction of sp³-hybridized carbons (Fsp3) is 0.312. The third-order valence-electron chi connectivity index (χ3n) is 3.56. The molecule has 0 N–H and O–H groups in total. The van der Waals surface area contributed by atoms with Crippen molar-refractivity contribution < 1.29 is 23.9 Å². The number of carbonyl (C=O) groups excluding carboxylic acids is 3. The van der Waals surface area contributed by atoms with Crippen LogP contribution in [0.15, 0.2) is 29.0 Å². The number of aromatic nitrogens is 1. The lowest BCUT2D eigenvalue weighted by Gasteiger charge is -2.15. The van der Waals surface area contributed by atoms with Crippen LogP contribution in [-0.2, 0) is 25.6 Å². The molecule has 0 aromatic carbocycles. The third kappa shape index (κ3) is 3.85. The monoisotopic (exact) mass is 369 g/mol. The van der Waals surface area contributed by atoms with E-state index in [1.807, 2.05) is 5.38 Å². The summed E-state index contributed by atoms with van der Waals surface area (Å²) in [6.45, 7) is 0.200. The molecule has 0 aliphatic rings. The molecule has 0 spiro atoms. The van der Waals surface area contributed by atoms with E-state index in [4.69, 9.17) is 11.6 Å². The SMILES string of the molecule is COC(=O)C(CCn1c(Cl)ccc1C(=O)c1ccsc1)C(=O)OC. The molecule has 0 aliphatic heterocycles. The van der Waals surface area contributed by atoms with Crippen LogP contribution in [-0.4, -0.2) is 36.5 Å². The summed E-state index contributed by atoms with van der Waals surface area (Å²) >= 11 is 7.56. The molecule has 2 aromatic rings. The Morgan fingerprint density at radius 3 is 2.38 bits per heavy atom. The molecule has 2 aromatic heterocycles. The molecule has 0 saturated carbocycles. The van der Waals surface area contributed by atoms with Crippen molar-refractivity contribution in [3.05, 3.63) is 45.4 Å². The summed E-state index contributed by atoms with van der Waals surface area (Å²) in [7, 11) is 2.40. The first-order valence-corrected chi connectivity index (χ1v) is 8.39. The smallest absolute Gasteiger partial charge is 0.320 e. The minimum Gasteiger partial charge on any atom is -0.468 e. The lowest BCUT2D eigenvalue weighted by Crippen LogP contribution is -2.28. The lowest BCUT2D eigenvalue weighted by atomic mass is 10.1. The molecule has 0 bridgehead atoms. The van der Waals surface area contributed by atoms with Gasteiger partial charge in [0.25, 0.3) is 0 Å². The molecule has 0 atom stereocenters. The minimum absolute atomic E-state index is 0.109. The van der Waals surface area contributed by atoms with Gasteiger partial charge in [-0.2, -0.15) is 11.3 Å². The van der Waals surface area contributed by atoms with E-state index in [-0.39, 0.29) is 18.7 Å². The highest BCUT2D eigenvalue weighted by atomic mass is 35.5. The Morgan fingerprint density at radius 2 is 1.83 bits per heavy atom. The molecule has 0 unspecified atom stereocenters. The standard InChI is InChI=1S/C16H16ClNO5S/c1-22-15(20)11(16(21)23-2)5-7-18-12(3-4-13(18)17)14(19)10-6-8-24-9-10/h3-4,6,8-9,11H,5,7H2,1-2H3. The number of hydrogen-bond donors (Lipinski definition) is 0. The van der Waals surface area contributed by atoms with Crippen LogP contribution in [0.5, 0.6) is 0 Å². The number of nitrogens with zero attached hydrogens (tertiary/aromatic N) is 1. The maximum absolute atomic E-state index is 12.5. The van der Waals surface area contributed by atoms with E-state index in [0.29, 0.717) is 16.4 Å². The summed E-state index contributed by atoms with van der Waals surface area (Å²) in [5, 5.41) is 3.91. The van der Waals surface area contributed by atoms with Crippen molar-refractivity contribution in [3.63, 3.8) is 0 Å². The van der Waals surface area contributed by atoms with Gasteiger partial charge in [0.1, 0.15) is 5.15 Å². The van der Waals surface area contributed by atoms with E-state index in [1.54, 1.807) is 28.1 Å². The summed E-state index contributed by atoms with van der Waals surface area (Å²) in [5.74, 6) is -2.61. The van der Waals surface area contributed by atoms with Crippen LogP contribution in [0, 0.1) is 5.92 Å². The molecule has 8 heteroatoms. The Kier molecular flexibility index (Phi) is 6.16. The predicted octanol–water partition coefficient (Wildman–Crippen LogP) is 2.79. The highest BCUT2D eigenvalue weighted by molar-refractivity contribution is 7.08. The molecule has 128 valence electrons. The average Bonchev–Trinajstić information content (AvgIpc) is 3.24. The molecule has 0 aliphatic carbocycles. The molecular weight excluding hydrogens is 354 g/mol. The first kappa shape index (κ1) is 18.2. The molecule has 2 rings (SSSR count). The molecule has 0 radical (unpaired) electrons. The second-order valence-corrected chi connectivity index (χ2v) is 6.09. The van der Waals surface area contributed by atoms with Crippen molar-refractivity contribution in [2.24, 2.45) is 5.92 Å². The van der Waals surface area contributed by atoms with Crippen LogP contribution < -0.4 is 0 Å². The topological polar surface area (TPSA) is 74.6 Å². The summed E-state index contributed by atoms with van der Waals surface area (Å²) in [5.41, 5.74) is 0.959. The van der Waals surface area contributed by atoms with Gasteiger partial charge < -0.3 is 14.0 Å². The van der Waals surface area contributed by atoms with Crippen LogP contribution >= 0.6 is 22.9 Å². The van der Waals surface area contributed by atoms with Crippen molar-refractivity contribution in [1.82, 2.24) is 4.57 Å². The Labute approximate surface area is 147 Å². The van der Waals surface area contributed by atoms with Gasteiger partial charge in [-0.1, -0.05) is 11.6 Å². The van der Waals surface area contributed by atoms with E-state index in [9.17, 15) is 14.4 Å². The van der Waals surface area contributed by atoms with Gasteiger partial charge >= 0.3 is 11.9 Å². The van der Waals surface area contributed by atoms with Gasteiger partial charge in [0.15, 0.2) is 5.92 Å². The van der Waals surface area contributed by atoms with Gasteiger partial charge in [0, 0.05) is 17.5 Å². The lowest BCUT2D eigenvalue weighted by molar-refractivity contribution is -0.159. The van der Waals surface area contributed by atoms with Gasteiger partial charge in [0.2, 0.25) is 5.78 Å². The average molecular weight is 370 g/mol. The van der Waals surface area contributed by atoms with Crippen LogP contribution in [0.25, 0.3) is 0 Å². The third-order valence-corrected chi connectivity index (χ3v) is 4.57. The zero-order valence-corrected chi connectivity index (χ0v) is 14.7. The number of ether oxygens (including phenoxy) is 2. The Bertz CT molecular complexity index is 722. The van der Waals surface area contributed by atoms with Crippen LogP contribution in [0.1, 0.15) is 22.5 Å². The molecule has 2 heterocycles. The van der Waals surface area contributed by atoms with Gasteiger partial charge in [-0.05, 0) is 30.0 Å². The first-order chi connectivity index (χ1) is 11.5. The number of methoxy groups -OCH3 is 2. The second-order valence-electron chi connectivity index (χ2n) is 4.92. The zero-order chi connectivity index (χ0) is 17.7. The van der Waals surface area contributed by atoms with Crippen molar-refractivity contribution in [2.75, 3.05) is 14.2 Å². The number of rotatable bonds is 7. The van der Waals surface area contributed by atoms with Gasteiger partial charge in [-0.3, -0.25) is 14.4 Å². The summed E-state index contributed by atoms with van der Waals surface area (Å²) in [6.07, 6.45) is 0.109. The van der Waals surface area contributed by atoms with E-state index < -0.39 is 17.9 Å². The normalized spacial score (nSPS) is 10.7. The fourth-order valence-corrected chi connectivity index (χ4v) is 3.16. The largest absolute Gasteiger partial charge is 0.468 e. The van der Waals surface area contributed by atoms with E-state index in [2.05, 4.69) is 9.47 Å². The molecule has 0 amide bonds. The van der Waals surface area contributed by atoms with E-state index >= 15 is 0 Å². The van der Waals surface area contributed by atoms with Crippen molar-refractivity contribution in [1.29, 1.82) is 0 Å². The Morgan fingerprint density at radius 1 is 1.17 bits per heavy atom. The summed E-state index contributed by atoms with van der Waals surface area (Å²) in [4.78, 5) is 36.0. The molecular formula is C16H16ClNO5S. The van der Waals surface area contributed by atoms with Crippen molar-refractivity contribution >= 4 is 40.7 Å². The van der Waals surface area contributed by atoms with Crippen molar-refractivity contribution in [3.8, 4) is 0 Å². The number of halogens is 1. The highest BCUT2D eigenvalue weighted by Crippen LogP contribution is 2.21. The zero-order valence-electron chi connectivity index (χ0n) is 13.2. The number of hydrogen-bond acceptors (Lipinski definition) is 6. The maximum atomic E-state index is 12.5. The highest BCUT2D eigenvalue weighted by Gasteiger charge is 2.29. The summed E-state index contributed by atoms with van der Waals surface area (Å²) < 4.78 is 10.8. The number of ketones is 1. The van der Waals surface area contributed by atoms with Crippen molar-refractivity contribution in [2.45, 2.75) is 13.0 Å². The molecule has 6 nitrogen and oxygen atoms in total.